The number of hydrogen-bond acceptors (Lipinski definition) is 3. The number of hydrogen-bond donors (Lipinski definition) is 0. The SMILES string of the molecule is Cc1cccc(-c2ccc3c4ccccc4n(-c4ccc(-c5cccc(C(F)(F)F)c5)c(-c5nc(-c6ccccc6)nc(-c6ccccc6)n5)c4)c3c2)c1. The lowest BCUT2D eigenvalue weighted by Gasteiger charge is -2.16. The van der Waals surface area contributed by atoms with Gasteiger partial charge in [0.2, 0.25) is 0 Å². The molecule has 7 heteroatoms. The Morgan fingerprint density at radius 3 is 1.72 bits per heavy atom. The Bertz CT molecular complexity index is 2770. The van der Waals surface area contributed by atoms with Crippen LogP contribution in [0.5, 0.6) is 0 Å². The third-order valence-electron chi connectivity index (χ3n) is 9.73. The van der Waals surface area contributed by atoms with Crippen molar-refractivity contribution in [1.82, 2.24) is 19.5 Å². The topological polar surface area (TPSA) is 43.6 Å². The van der Waals surface area contributed by atoms with E-state index in [9.17, 15) is 13.2 Å². The Morgan fingerprint density at radius 2 is 1.02 bits per heavy atom. The fraction of sp³-hybridized carbons (Fsp3) is 0.0426. The van der Waals surface area contributed by atoms with Crippen molar-refractivity contribution in [3.63, 3.8) is 0 Å². The average molecular weight is 709 g/mol. The van der Waals surface area contributed by atoms with E-state index in [0.29, 0.717) is 34.2 Å². The zero-order valence-electron chi connectivity index (χ0n) is 29.1. The van der Waals surface area contributed by atoms with E-state index >= 15 is 0 Å². The predicted molar refractivity (Wildman–Crippen MR) is 211 cm³/mol. The molecule has 54 heavy (non-hydrogen) atoms. The van der Waals surface area contributed by atoms with Gasteiger partial charge in [0.05, 0.1) is 16.6 Å². The lowest BCUT2D eigenvalue weighted by molar-refractivity contribution is -0.137. The van der Waals surface area contributed by atoms with Gasteiger partial charge in [-0.1, -0.05) is 139 Å². The predicted octanol–water partition coefficient (Wildman–Crippen LogP) is 12.6. The van der Waals surface area contributed by atoms with E-state index in [2.05, 4.69) is 66.1 Å². The maximum absolute atomic E-state index is 14.1. The number of nitrogens with zero attached hydrogens (tertiary/aromatic N) is 4. The Hall–Kier alpha value is -6.86. The van der Waals surface area contributed by atoms with Crippen molar-refractivity contribution < 1.29 is 13.2 Å². The van der Waals surface area contributed by atoms with Gasteiger partial charge in [-0.3, -0.25) is 0 Å². The summed E-state index contributed by atoms with van der Waals surface area (Å²) in [6.07, 6.45) is -4.51. The Balaban J connectivity index is 1.33. The fourth-order valence-electron chi connectivity index (χ4n) is 7.15. The smallest absolute Gasteiger partial charge is 0.309 e. The van der Waals surface area contributed by atoms with Crippen LogP contribution in [0.1, 0.15) is 11.1 Å². The summed E-state index contributed by atoms with van der Waals surface area (Å²) >= 11 is 0. The van der Waals surface area contributed by atoms with Crippen LogP contribution in [0.2, 0.25) is 0 Å². The van der Waals surface area contributed by atoms with Gasteiger partial charge in [0.1, 0.15) is 0 Å². The molecule has 2 aromatic heterocycles. The first kappa shape index (κ1) is 33.0. The molecule has 260 valence electrons. The highest BCUT2D eigenvalue weighted by Gasteiger charge is 2.31. The molecule has 9 aromatic rings. The molecule has 0 aliphatic carbocycles. The normalized spacial score (nSPS) is 11.7. The van der Waals surface area contributed by atoms with Crippen LogP contribution in [0.3, 0.4) is 0 Å². The van der Waals surface area contributed by atoms with Gasteiger partial charge in [-0.15, -0.1) is 0 Å². The quantitative estimate of drug-likeness (QED) is 0.173. The molecule has 4 nitrogen and oxygen atoms in total. The zero-order chi connectivity index (χ0) is 36.8. The van der Waals surface area contributed by atoms with Gasteiger partial charge in [-0.05, 0) is 65.6 Å². The summed E-state index contributed by atoms with van der Waals surface area (Å²) in [5.41, 5.74) is 8.57. The van der Waals surface area contributed by atoms with Crippen molar-refractivity contribution in [3.8, 4) is 62.1 Å². The minimum Gasteiger partial charge on any atom is -0.309 e. The Labute approximate surface area is 309 Å². The first-order chi connectivity index (χ1) is 26.3. The second-order valence-corrected chi connectivity index (χ2v) is 13.3. The number of fused-ring (bicyclic) bond motifs is 3. The summed E-state index contributed by atoms with van der Waals surface area (Å²) in [7, 11) is 0. The largest absolute Gasteiger partial charge is 0.416 e. The van der Waals surface area contributed by atoms with Crippen LogP contribution in [-0.4, -0.2) is 19.5 Å². The van der Waals surface area contributed by atoms with Gasteiger partial charge < -0.3 is 4.57 Å². The molecule has 0 radical (unpaired) electrons. The average Bonchev–Trinajstić information content (AvgIpc) is 3.54. The highest BCUT2D eigenvalue weighted by Crippen LogP contribution is 2.40. The summed E-state index contributed by atoms with van der Waals surface area (Å²) in [6.45, 7) is 2.08. The molecule has 0 aliphatic heterocycles. The monoisotopic (exact) mass is 708 g/mol. The van der Waals surface area contributed by atoms with Crippen molar-refractivity contribution >= 4 is 21.8 Å². The second kappa shape index (κ2) is 13.3. The van der Waals surface area contributed by atoms with Crippen LogP contribution < -0.4 is 0 Å². The van der Waals surface area contributed by atoms with Crippen molar-refractivity contribution in [1.29, 1.82) is 0 Å². The van der Waals surface area contributed by atoms with Gasteiger partial charge in [-0.25, -0.2) is 15.0 Å². The molecule has 9 rings (SSSR count). The van der Waals surface area contributed by atoms with E-state index in [4.69, 9.17) is 15.0 Å². The Kier molecular flexibility index (Phi) is 8.12. The third kappa shape index (κ3) is 6.09. The molecular weight excluding hydrogens is 678 g/mol. The van der Waals surface area contributed by atoms with E-state index < -0.39 is 11.7 Å². The summed E-state index contributed by atoms with van der Waals surface area (Å²) in [5, 5.41) is 2.17. The van der Waals surface area contributed by atoms with Crippen LogP contribution in [0, 0.1) is 6.92 Å². The van der Waals surface area contributed by atoms with E-state index in [1.54, 1.807) is 6.07 Å². The van der Waals surface area contributed by atoms with Crippen LogP contribution in [0.4, 0.5) is 13.2 Å². The van der Waals surface area contributed by atoms with E-state index in [-0.39, 0.29) is 0 Å². The van der Waals surface area contributed by atoms with E-state index in [1.807, 2.05) is 91.0 Å². The molecule has 2 heterocycles. The van der Waals surface area contributed by atoms with E-state index in [1.165, 1.54) is 17.7 Å². The van der Waals surface area contributed by atoms with Gasteiger partial charge in [0.25, 0.3) is 0 Å². The minimum absolute atomic E-state index is 0.346. The van der Waals surface area contributed by atoms with Crippen molar-refractivity contribution in [3.05, 3.63) is 181 Å². The van der Waals surface area contributed by atoms with Gasteiger partial charge in [0.15, 0.2) is 17.5 Å². The first-order valence-corrected chi connectivity index (χ1v) is 17.6. The van der Waals surface area contributed by atoms with Crippen molar-refractivity contribution in [2.75, 3.05) is 0 Å². The van der Waals surface area contributed by atoms with Gasteiger partial charge in [-0.2, -0.15) is 13.2 Å². The highest BCUT2D eigenvalue weighted by atomic mass is 19.4. The van der Waals surface area contributed by atoms with Gasteiger partial charge in [0, 0.05) is 33.2 Å². The molecule has 7 aromatic carbocycles. The summed E-state index contributed by atoms with van der Waals surface area (Å²) in [4.78, 5) is 14.9. The molecule has 0 N–H and O–H groups in total. The number of rotatable bonds is 6. The standard InChI is InChI=1S/C47H31F3N4/c1-30-12-10-17-33(26-30)34-22-24-40-39-20-8-9-21-42(39)54(43(40)28-34)37-23-25-38(35-18-11-19-36(27-35)47(48,49)50)41(29-37)46-52-44(31-13-4-2-5-14-31)51-45(53-46)32-15-6-3-7-16-32/h2-29H,1H3. The molecule has 0 spiro atoms. The fourth-order valence-corrected chi connectivity index (χ4v) is 7.15. The van der Waals surface area contributed by atoms with Crippen LogP contribution in [0.25, 0.3) is 83.9 Å². The number of benzene rings is 7. The molecule has 0 unspecified atom stereocenters. The lowest BCUT2D eigenvalue weighted by Crippen LogP contribution is -2.05. The highest BCUT2D eigenvalue weighted by molar-refractivity contribution is 6.10. The first-order valence-electron chi connectivity index (χ1n) is 17.6. The number of alkyl halides is 3. The third-order valence-corrected chi connectivity index (χ3v) is 9.73. The molecule has 0 fully saturated rings. The minimum atomic E-state index is -4.51. The van der Waals surface area contributed by atoms with Crippen LogP contribution in [0.15, 0.2) is 170 Å². The number of para-hydroxylation sites is 1. The molecule has 0 saturated carbocycles. The summed E-state index contributed by atoms with van der Waals surface area (Å²) in [6, 6.07) is 53.7. The van der Waals surface area contributed by atoms with Crippen LogP contribution >= 0.6 is 0 Å². The maximum Gasteiger partial charge on any atom is 0.416 e. The lowest BCUT2D eigenvalue weighted by atomic mass is 9.96. The molecule has 0 atom stereocenters. The number of aryl methyl sites for hydroxylation is 1. The van der Waals surface area contributed by atoms with Gasteiger partial charge >= 0.3 is 6.18 Å². The summed E-state index contributed by atoms with van der Waals surface area (Å²) in [5.74, 6) is 1.26. The molecular formula is C47H31F3N4. The zero-order valence-corrected chi connectivity index (χ0v) is 29.1. The molecule has 0 amide bonds. The maximum atomic E-state index is 14.1. The number of halogens is 3. The second-order valence-electron chi connectivity index (χ2n) is 13.3. The van der Waals surface area contributed by atoms with Crippen molar-refractivity contribution in [2.45, 2.75) is 13.1 Å². The molecule has 0 aliphatic rings. The van der Waals surface area contributed by atoms with Crippen molar-refractivity contribution in [2.24, 2.45) is 0 Å². The molecule has 0 saturated heterocycles. The Morgan fingerprint density at radius 1 is 0.426 bits per heavy atom. The van der Waals surface area contributed by atoms with E-state index in [0.717, 1.165) is 55.8 Å². The van der Waals surface area contributed by atoms with Crippen LogP contribution in [-0.2, 0) is 6.18 Å². The molecule has 0 bridgehead atoms. The number of aromatic nitrogens is 4. The summed E-state index contributed by atoms with van der Waals surface area (Å²) < 4.78 is 44.4.